The highest BCUT2D eigenvalue weighted by Gasteiger charge is 2.33. The van der Waals surface area contributed by atoms with Gasteiger partial charge in [0.1, 0.15) is 11.4 Å². The molecule has 0 aliphatic heterocycles. The molecule has 2 rings (SSSR count). The third-order valence-corrected chi connectivity index (χ3v) is 3.27. The molecule has 0 unspecified atom stereocenters. The number of halogens is 4. The zero-order valence-electron chi connectivity index (χ0n) is 12.1. The van der Waals surface area contributed by atoms with Gasteiger partial charge in [0.05, 0.1) is 16.1 Å². The standard InChI is InChI=1S/C14H9ClF3N3O4/c15-8-2-4-12(22)9(6-8)13(23)20-19-10-3-1-7(14(16,17)18)5-11(10)21(24)25/h1-6,19,22H,(H,20,23). The molecule has 7 nitrogen and oxygen atoms in total. The second kappa shape index (κ2) is 6.85. The van der Waals surface area contributed by atoms with Crippen molar-refractivity contribution in [2.75, 3.05) is 5.43 Å². The first kappa shape index (κ1) is 18.3. The van der Waals surface area contributed by atoms with Crippen LogP contribution in [-0.2, 0) is 6.18 Å². The van der Waals surface area contributed by atoms with Gasteiger partial charge in [-0.15, -0.1) is 0 Å². The predicted octanol–water partition coefficient (Wildman–Crippen LogP) is 3.73. The number of phenolic OH excluding ortho intramolecular Hbond substituents is 1. The topological polar surface area (TPSA) is 104 Å². The van der Waals surface area contributed by atoms with Gasteiger partial charge in [0.15, 0.2) is 0 Å². The van der Waals surface area contributed by atoms with Crippen LogP contribution >= 0.6 is 11.6 Å². The lowest BCUT2D eigenvalue weighted by molar-refractivity contribution is -0.384. The van der Waals surface area contributed by atoms with Gasteiger partial charge >= 0.3 is 6.18 Å². The van der Waals surface area contributed by atoms with Crippen LogP contribution in [-0.4, -0.2) is 15.9 Å². The first-order valence-corrected chi connectivity index (χ1v) is 6.88. The Kier molecular flexibility index (Phi) is 5.02. The summed E-state index contributed by atoms with van der Waals surface area (Å²) in [6.07, 6.45) is -4.75. The lowest BCUT2D eigenvalue weighted by Crippen LogP contribution is -2.29. The van der Waals surface area contributed by atoms with E-state index in [9.17, 15) is 33.2 Å². The number of nitrogens with one attached hydrogen (secondary N) is 2. The highest BCUT2D eigenvalue weighted by atomic mass is 35.5. The normalized spacial score (nSPS) is 11.0. The van der Waals surface area contributed by atoms with Gasteiger partial charge in [0.25, 0.3) is 11.6 Å². The number of benzene rings is 2. The van der Waals surface area contributed by atoms with E-state index in [1.807, 2.05) is 5.43 Å². The molecule has 0 aliphatic carbocycles. The molecule has 0 radical (unpaired) electrons. The lowest BCUT2D eigenvalue weighted by atomic mass is 10.1. The largest absolute Gasteiger partial charge is 0.507 e. The average molecular weight is 376 g/mol. The molecular formula is C14H9ClF3N3O4. The van der Waals surface area contributed by atoms with Crippen molar-refractivity contribution in [3.8, 4) is 5.75 Å². The van der Waals surface area contributed by atoms with Crippen LogP contribution in [0.3, 0.4) is 0 Å². The molecule has 0 spiro atoms. The van der Waals surface area contributed by atoms with E-state index < -0.39 is 34.0 Å². The molecule has 3 N–H and O–H groups in total. The fourth-order valence-corrected chi connectivity index (χ4v) is 2.02. The van der Waals surface area contributed by atoms with Gasteiger partial charge in [-0.1, -0.05) is 11.6 Å². The van der Waals surface area contributed by atoms with E-state index in [1.54, 1.807) is 0 Å². The van der Waals surface area contributed by atoms with E-state index in [4.69, 9.17) is 11.6 Å². The van der Waals surface area contributed by atoms with Crippen molar-refractivity contribution < 1.29 is 28.0 Å². The number of rotatable bonds is 4. The Labute approximate surface area is 143 Å². The monoisotopic (exact) mass is 375 g/mol. The Morgan fingerprint density at radius 1 is 1.20 bits per heavy atom. The van der Waals surface area contributed by atoms with Crippen molar-refractivity contribution >= 4 is 28.9 Å². The third kappa shape index (κ3) is 4.29. The quantitative estimate of drug-likeness (QED) is 0.558. The molecule has 0 fully saturated rings. The number of anilines is 1. The fourth-order valence-electron chi connectivity index (χ4n) is 1.85. The van der Waals surface area contributed by atoms with Crippen LogP contribution in [0.15, 0.2) is 36.4 Å². The number of nitro groups is 1. The summed E-state index contributed by atoms with van der Waals surface area (Å²) in [5.41, 5.74) is 1.52. The average Bonchev–Trinajstić information content (AvgIpc) is 2.53. The SMILES string of the molecule is O=C(NNc1ccc(C(F)(F)F)cc1[N+](=O)[O-])c1cc(Cl)ccc1O. The number of amides is 1. The van der Waals surface area contributed by atoms with Crippen molar-refractivity contribution in [3.05, 3.63) is 62.7 Å². The van der Waals surface area contributed by atoms with Gasteiger partial charge in [0.2, 0.25) is 0 Å². The molecule has 25 heavy (non-hydrogen) atoms. The Hall–Kier alpha value is -3.01. The third-order valence-electron chi connectivity index (χ3n) is 3.04. The molecule has 1 amide bonds. The minimum absolute atomic E-state index is 0.156. The highest BCUT2D eigenvalue weighted by Crippen LogP contribution is 2.34. The molecule has 2 aromatic rings. The number of phenols is 1. The first-order valence-electron chi connectivity index (χ1n) is 6.50. The zero-order valence-corrected chi connectivity index (χ0v) is 12.9. The molecule has 0 aliphatic rings. The predicted molar refractivity (Wildman–Crippen MR) is 82.3 cm³/mol. The summed E-state index contributed by atoms with van der Waals surface area (Å²) in [5, 5.41) is 20.7. The number of hydrogen-bond donors (Lipinski definition) is 3. The van der Waals surface area contributed by atoms with Crippen molar-refractivity contribution in [3.63, 3.8) is 0 Å². The molecule has 0 saturated carbocycles. The van der Waals surface area contributed by atoms with Gasteiger partial charge in [-0.2, -0.15) is 13.2 Å². The van der Waals surface area contributed by atoms with Gasteiger partial charge < -0.3 is 5.11 Å². The van der Waals surface area contributed by atoms with E-state index in [-0.39, 0.29) is 16.3 Å². The Bertz CT molecular complexity index is 843. The van der Waals surface area contributed by atoms with Crippen LogP contribution in [0.25, 0.3) is 0 Å². The molecule has 0 saturated heterocycles. The molecule has 0 heterocycles. The smallest absolute Gasteiger partial charge is 0.416 e. The minimum Gasteiger partial charge on any atom is -0.507 e. The summed E-state index contributed by atoms with van der Waals surface area (Å²) in [6.45, 7) is 0. The number of hydrazine groups is 1. The Balaban J connectivity index is 2.24. The van der Waals surface area contributed by atoms with Gasteiger partial charge in [-0.3, -0.25) is 25.8 Å². The number of carbonyl (C=O) groups is 1. The molecule has 0 bridgehead atoms. The summed E-state index contributed by atoms with van der Waals surface area (Å²) in [5.74, 6) is -1.29. The molecule has 11 heteroatoms. The maximum Gasteiger partial charge on any atom is 0.416 e. The van der Waals surface area contributed by atoms with E-state index >= 15 is 0 Å². The summed E-state index contributed by atoms with van der Waals surface area (Å²) in [7, 11) is 0. The van der Waals surface area contributed by atoms with Crippen LogP contribution in [0.5, 0.6) is 5.75 Å². The number of alkyl halides is 3. The van der Waals surface area contributed by atoms with E-state index in [2.05, 4.69) is 5.43 Å². The van der Waals surface area contributed by atoms with Crippen LogP contribution in [0.1, 0.15) is 15.9 Å². The Morgan fingerprint density at radius 2 is 1.88 bits per heavy atom. The number of aromatic hydroxyl groups is 1. The van der Waals surface area contributed by atoms with Crippen molar-refractivity contribution in [2.45, 2.75) is 6.18 Å². The van der Waals surface area contributed by atoms with Gasteiger partial charge in [-0.05, 0) is 30.3 Å². The lowest BCUT2D eigenvalue weighted by Gasteiger charge is -2.12. The van der Waals surface area contributed by atoms with E-state index in [1.165, 1.54) is 6.07 Å². The summed E-state index contributed by atoms with van der Waals surface area (Å²) >= 11 is 5.70. The van der Waals surface area contributed by atoms with Crippen molar-refractivity contribution in [1.82, 2.24) is 5.43 Å². The maximum absolute atomic E-state index is 12.6. The summed E-state index contributed by atoms with van der Waals surface area (Å²) < 4.78 is 37.9. The summed E-state index contributed by atoms with van der Waals surface area (Å²) in [4.78, 5) is 21.9. The van der Waals surface area contributed by atoms with Gasteiger partial charge in [0, 0.05) is 11.1 Å². The van der Waals surface area contributed by atoms with Crippen LogP contribution in [0.2, 0.25) is 5.02 Å². The molecule has 132 valence electrons. The van der Waals surface area contributed by atoms with Gasteiger partial charge in [-0.25, -0.2) is 0 Å². The van der Waals surface area contributed by atoms with E-state index in [0.717, 1.165) is 18.2 Å². The van der Waals surface area contributed by atoms with Crippen LogP contribution < -0.4 is 10.9 Å². The Morgan fingerprint density at radius 3 is 2.48 bits per heavy atom. The number of hydrogen-bond acceptors (Lipinski definition) is 5. The molecule has 0 atom stereocenters. The molecule has 0 aromatic heterocycles. The van der Waals surface area contributed by atoms with E-state index in [0.29, 0.717) is 12.1 Å². The second-order valence-corrected chi connectivity index (χ2v) is 5.16. The van der Waals surface area contributed by atoms with Crippen molar-refractivity contribution in [1.29, 1.82) is 0 Å². The number of carbonyl (C=O) groups excluding carboxylic acids is 1. The fraction of sp³-hybridized carbons (Fsp3) is 0.0714. The zero-order chi connectivity index (χ0) is 18.8. The molecular weight excluding hydrogens is 367 g/mol. The first-order chi connectivity index (χ1) is 11.6. The highest BCUT2D eigenvalue weighted by molar-refractivity contribution is 6.31. The maximum atomic E-state index is 12.6. The summed E-state index contributed by atoms with van der Waals surface area (Å²) in [6, 6.07) is 5.41. The van der Waals surface area contributed by atoms with Crippen LogP contribution in [0, 0.1) is 10.1 Å². The number of nitro benzene ring substituents is 1. The number of nitrogens with zero attached hydrogens (tertiary/aromatic N) is 1. The van der Waals surface area contributed by atoms with Crippen molar-refractivity contribution in [2.24, 2.45) is 0 Å². The van der Waals surface area contributed by atoms with Crippen LogP contribution in [0.4, 0.5) is 24.5 Å². The minimum atomic E-state index is -4.75. The second-order valence-electron chi connectivity index (χ2n) is 4.73. The molecule has 2 aromatic carbocycles.